The minimum absolute atomic E-state index is 0. The van der Waals surface area contributed by atoms with Crippen LogP contribution in [0.3, 0.4) is 0 Å². The minimum Gasteiger partial charge on any atom is -0.351 e. The monoisotopic (exact) mass is 337 g/mol. The van der Waals surface area contributed by atoms with Crippen molar-refractivity contribution >= 4 is 29.9 Å². The first-order chi connectivity index (χ1) is 10.6. The van der Waals surface area contributed by atoms with Crippen LogP contribution >= 0.6 is 12.4 Å². The molecule has 0 bridgehead atoms. The van der Waals surface area contributed by atoms with Gasteiger partial charge in [-0.25, -0.2) is 0 Å². The Morgan fingerprint density at radius 3 is 2.91 bits per heavy atom. The van der Waals surface area contributed by atoms with Crippen LogP contribution in [0.5, 0.6) is 0 Å². The lowest BCUT2D eigenvalue weighted by Crippen LogP contribution is -2.45. The Kier molecular flexibility index (Phi) is 5.65. The number of amides is 2. The van der Waals surface area contributed by atoms with Gasteiger partial charge in [0.2, 0.25) is 5.91 Å². The highest BCUT2D eigenvalue weighted by Gasteiger charge is 2.27. The smallest absolute Gasteiger partial charge is 0.251 e. The average Bonchev–Trinajstić information content (AvgIpc) is 2.53. The maximum Gasteiger partial charge on any atom is 0.251 e. The standard InChI is InChI=1S/C17H23N3O2.ClH/c1-17(7-2-8-18-10-17)11-19-16(22)13-3-5-14-12(9-13)4-6-15(21)20-14;/h3,5,9,18H,2,4,6-8,10-11H2,1H3,(H,19,22)(H,20,21);1H. The second-order valence-corrected chi connectivity index (χ2v) is 6.69. The van der Waals surface area contributed by atoms with Crippen molar-refractivity contribution in [2.24, 2.45) is 5.41 Å². The van der Waals surface area contributed by atoms with Crippen molar-refractivity contribution in [2.75, 3.05) is 25.0 Å². The Labute approximate surface area is 143 Å². The summed E-state index contributed by atoms with van der Waals surface area (Å²) in [4.78, 5) is 23.7. The molecule has 0 saturated carbocycles. The number of carbonyl (C=O) groups is 2. The average molecular weight is 338 g/mol. The molecular weight excluding hydrogens is 314 g/mol. The van der Waals surface area contributed by atoms with Gasteiger partial charge in [-0.1, -0.05) is 6.92 Å². The van der Waals surface area contributed by atoms with E-state index in [4.69, 9.17) is 0 Å². The predicted octanol–water partition coefficient (Wildman–Crippen LogP) is 2.11. The lowest BCUT2D eigenvalue weighted by atomic mass is 9.83. The van der Waals surface area contributed by atoms with Gasteiger partial charge in [0.05, 0.1) is 0 Å². The van der Waals surface area contributed by atoms with Gasteiger partial charge in [-0.15, -0.1) is 12.4 Å². The third kappa shape index (κ3) is 4.24. The molecule has 1 fully saturated rings. The molecule has 3 N–H and O–H groups in total. The van der Waals surface area contributed by atoms with E-state index in [-0.39, 0.29) is 29.6 Å². The summed E-state index contributed by atoms with van der Waals surface area (Å²) in [5.74, 6) is 0.00826. The zero-order chi connectivity index (χ0) is 15.6. The molecule has 126 valence electrons. The summed E-state index contributed by atoms with van der Waals surface area (Å²) in [7, 11) is 0. The summed E-state index contributed by atoms with van der Waals surface area (Å²) in [5, 5.41) is 9.29. The van der Waals surface area contributed by atoms with E-state index in [1.54, 1.807) is 6.07 Å². The number of piperidine rings is 1. The molecule has 1 aromatic carbocycles. The van der Waals surface area contributed by atoms with E-state index in [2.05, 4.69) is 22.9 Å². The van der Waals surface area contributed by atoms with Crippen LogP contribution in [0.25, 0.3) is 0 Å². The lowest BCUT2D eigenvalue weighted by Gasteiger charge is -2.34. The Hall–Kier alpha value is -1.59. The Morgan fingerprint density at radius 2 is 2.17 bits per heavy atom. The number of fused-ring (bicyclic) bond motifs is 1. The van der Waals surface area contributed by atoms with Gasteiger partial charge >= 0.3 is 0 Å². The molecule has 0 aromatic heterocycles. The number of hydrogen-bond acceptors (Lipinski definition) is 3. The Balaban J connectivity index is 0.00000192. The lowest BCUT2D eigenvalue weighted by molar-refractivity contribution is -0.116. The molecule has 0 radical (unpaired) electrons. The van der Waals surface area contributed by atoms with E-state index in [1.165, 1.54) is 0 Å². The Bertz CT molecular complexity index is 598. The van der Waals surface area contributed by atoms with E-state index < -0.39 is 0 Å². The molecular formula is C17H24ClN3O2. The topological polar surface area (TPSA) is 70.2 Å². The van der Waals surface area contributed by atoms with E-state index in [0.717, 1.165) is 37.2 Å². The molecule has 2 aliphatic heterocycles. The first-order valence-electron chi connectivity index (χ1n) is 7.97. The van der Waals surface area contributed by atoms with Crippen LogP contribution in [-0.4, -0.2) is 31.4 Å². The normalized spacial score (nSPS) is 23.3. The summed E-state index contributed by atoms with van der Waals surface area (Å²) in [5.41, 5.74) is 2.67. The molecule has 2 aliphatic rings. The molecule has 1 saturated heterocycles. The largest absolute Gasteiger partial charge is 0.351 e. The van der Waals surface area contributed by atoms with Gasteiger partial charge in [0.1, 0.15) is 0 Å². The van der Waals surface area contributed by atoms with Crippen LogP contribution in [-0.2, 0) is 11.2 Å². The molecule has 1 atom stereocenters. The van der Waals surface area contributed by atoms with Crippen LogP contribution in [0, 0.1) is 5.41 Å². The second-order valence-electron chi connectivity index (χ2n) is 6.69. The van der Waals surface area contributed by atoms with Crippen LogP contribution in [0.4, 0.5) is 5.69 Å². The zero-order valence-corrected chi connectivity index (χ0v) is 14.2. The first kappa shape index (κ1) is 17.8. The van der Waals surface area contributed by atoms with Crippen molar-refractivity contribution < 1.29 is 9.59 Å². The third-order valence-electron chi connectivity index (χ3n) is 4.62. The fraction of sp³-hybridized carbons (Fsp3) is 0.529. The number of aryl methyl sites for hydroxylation is 1. The molecule has 0 spiro atoms. The molecule has 3 rings (SSSR count). The molecule has 5 nitrogen and oxygen atoms in total. The zero-order valence-electron chi connectivity index (χ0n) is 13.4. The van der Waals surface area contributed by atoms with Crippen LogP contribution in [0.1, 0.15) is 42.1 Å². The number of anilines is 1. The summed E-state index contributed by atoms with van der Waals surface area (Å²) >= 11 is 0. The number of carbonyl (C=O) groups excluding carboxylic acids is 2. The minimum atomic E-state index is -0.0356. The molecule has 2 amide bonds. The molecule has 6 heteroatoms. The highest BCUT2D eigenvalue weighted by molar-refractivity contribution is 5.97. The highest BCUT2D eigenvalue weighted by Crippen LogP contribution is 2.25. The summed E-state index contributed by atoms with van der Waals surface area (Å²) in [6.07, 6.45) is 3.48. The van der Waals surface area contributed by atoms with Crippen molar-refractivity contribution in [3.8, 4) is 0 Å². The van der Waals surface area contributed by atoms with Crippen molar-refractivity contribution in [1.29, 1.82) is 0 Å². The fourth-order valence-electron chi connectivity index (χ4n) is 3.19. The summed E-state index contributed by atoms with van der Waals surface area (Å²) < 4.78 is 0. The molecule has 1 aromatic rings. The van der Waals surface area contributed by atoms with Gasteiger partial charge in [0.25, 0.3) is 5.91 Å². The van der Waals surface area contributed by atoms with Crippen LogP contribution in [0.15, 0.2) is 18.2 Å². The van der Waals surface area contributed by atoms with Gasteiger partial charge in [-0.2, -0.15) is 0 Å². The second kappa shape index (κ2) is 7.32. The van der Waals surface area contributed by atoms with Crippen molar-refractivity contribution in [3.63, 3.8) is 0 Å². The predicted molar refractivity (Wildman–Crippen MR) is 93.2 cm³/mol. The number of nitrogens with one attached hydrogen (secondary N) is 3. The van der Waals surface area contributed by atoms with E-state index in [1.807, 2.05) is 12.1 Å². The molecule has 23 heavy (non-hydrogen) atoms. The van der Waals surface area contributed by atoms with Crippen molar-refractivity contribution in [1.82, 2.24) is 10.6 Å². The summed E-state index contributed by atoms with van der Waals surface area (Å²) in [6.45, 7) is 4.91. The fourth-order valence-corrected chi connectivity index (χ4v) is 3.19. The Morgan fingerprint density at radius 1 is 1.35 bits per heavy atom. The first-order valence-corrected chi connectivity index (χ1v) is 7.97. The van der Waals surface area contributed by atoms with Crippen molar-refractivity contribution in [2.45, 2.75) is 32.6 Å². The van der Waals surface area contributed by atoms with Crippen molar-refractivity contribution in [3.05, 3.63) is 29.3 Å². The van der Waals surface area contributed by atoms with Gasteiger partial charge in [0, 0.05) is 30.8 Å². The number of halogens is 1. The highest BCUT2D eigenvalue weighted by atomic mass is 35.5. The van der Waals surface area contributed by atoms with Crippen LogP contribution in [0.2, 0.25) is 0 Å². The number of hydrogen-bond donors (Lipinski definition) is 3. The summed E-state index contributed by atoms with van der Waals surface area (Å²) in [6, 6.07) is 5.50. The van der Waals surface area contributed by atoms with E-state index >= 15 is 0 Å². The quantitative estimate of drug-likeness (QED) is 0.791. The number of benzene rings is 1. The molecule has 1 unspecified atom stereocenters. The molecule has 0 aliphatic carbocycles. The molecule has 2 heterocycles. The van der Waals surface area contributed by atoms with E-state index in [0.29, 0.717) is 24.9 Å². The maximum atomic E-state index is 12.4. The van der Waals surface area contributed by atoms with Gasteiger partial charge in [0.15, 0.2) is 0 Å². The maximum absolute atomic E-state index is 12.4. The SMILES string of the molecule is CC1(CNC(=O)c2ccc3c(c2)CCC(=O)N3)CCCNC1.Cl. The van der Waals surface area contributed by atoms with Gasteiger partial charge in [-0.05, 0) is 55.0 Å². The number of rotatable bonds is 3. The van der Waals surface area contributed by atoms with Gasteiger partial charge in [-0.3, -0.25) is 9.59 Å². The van der Waals surface area contributed by atoms with E-state index in [9.17, 15) is 9.59 Å². The third-order valence-corrected chi connectivity index (χ3v) is 4.62. The van der Waals surface area contributed by atoms with Gasteiger partial charge < -0.3 is 16.0 Å². The van der Waals surface area contributed by atoms with Crippen LogP contribution < -0.4 is 16.0 Å².